The molecule has 0 atom stereocenters. The van der Waals surface area contributed by atoms with Gasteiger partial charge in [0.1, 0.15) is 17.3 Å². The number of para-hydroxylation sites is 1. The van der Waals surface area contributed by atoms with Crippen molar-refractivity contribution in [1.82, 2.24) is 0 Å². The largest absolute Gasteiger partial charge is 0.506 e. The van der Waals surface area contributed by atoms with Gasteiger partial charge in [-0.05, 0) is 42.0 Å². The molecule has 0 bridgehead atoms. The van der Waals surface area contributed by atoms with Crippen LogP contribution in [0.4, 0.5) is 11.4 Å². The lowest BCUT2D eigenvalue weighted by molar-refractivity contribution is 0.381. The summed E-state index contributed by atoms with van der Waals surface area (Å²) < 4.78 is 33.1. The van der Waals surface area contributed by atoms with E-state index in [4.69, 9.17) is 39.5 Å². The number of hydrogen-bond acceptors (Lipinski definition) is 5. The van der Waals surface area contributed by atoms with Crippen LogP contribution in [0.25, 0.3) is 6.08 Å². The second-order valence-corrected chi connectivity index (χ2v) is 9.27. The maximum absolute atomic E-state index is 12.6. The molecule has 0 spiro atoms. The number of phenols is 1. The third-order valence-corrected chi connectivity index (χ3v) is 6.38. The fourth-order valence-electron chi connectivity index (χ4n) is 2.72. The van der Waals surface area contributed by atoms with Gasteiger partial charge in [-0.2, -0.15) is 0 Å². The number of nitrogens with zero attached hydrogens (tertiary/aromatic N) is 1. The van der Waals surface area contributed by atoms with Crippen molar-refractivity contribution in [3.63, 3.8) is 0 Å². The monoisotopic (exact) mass is 510 g/mol. The van der Waals surface area contributed by atoms with Crippen LogP contribution < -0.4 is 9.46 Å². The minimum atomic E-state index is -4.11. The highest BCUT2D eigenvalue weighted by atomic mass is 35.5. The number of nitrogens with one attached hydrogen (secondary N) is 1. The second kappa shape index (κ2) is 10.3. The van der Waals surface area contributed by atoms with Gasteiger partial charge >= 0.3 is 0 Å². The second-order valence-electron chi connectivity index (χ2n) is 6.37. The maximum Gasteiger partial charge on any atom is 0.265 e. The van der Waals surface area contributed by atoms with Crippen molar-refractivity contribution in [2.75, 3.05) is 11.3 Å². The van der Waals surface area contributed by atoms with Crippen molar-refractivity contribution < 1.29 is 18.3 Å². The fourth-order valence-corrected chi connectivity index (χ4v) is 4.60. The summed E-state index contributed by atoms with van der Waals surface area (Å²) in [4.78, 5) is 3.99. The number of halogens is 3. The third kappa shape index (κ3) is 5.75. The van der Waals surface area contributed by atoms with Crippen LogP contribution in [0.1, 0.15) is 5.56 Å². The van der Waals surface area contributed by atoms with Gasteiger partial charge in [-0.3, -0.25) is 9.71 Å². The van der Waals surface area contributed by atoms with Gasteiger partial charge in [-0.15, -0.1) is 0 Å². The van der Waals surface area contributed by atoms with Gasteiger partial charge in [0.05, 0.1) is 21.4 Å². The number of ether oxygens (including phenoxy) is 1. The van der Waals surface area contributed by atoms with Gasteiger partial charge in [0.2, 0.25) is 0 Å². The number of anilines is 1. The number of phenolic OH excluding ortho intramolecular Hbond substituents is 1. The molecule has 2 N–H and O–H groups in total. The molecule has 6 nitrogen and oxygen atoms in total. The number of aliphatic imine (C=N–C) groups is 1. The first-order valence-corrected chi connectivity index (χ1v) is 11.7. The summed E-state index contributed by atoms with van der Waals surface area (Å²) in [5.74, 6) is -0.312. The Kier molecular flexibility index (Phi) is 7.69. The summed E-state index contributed by atoms with van der Waals surface area (Å²) in [5, 5.41) is 10.3. The van der Waals surface area contributed by atoms with Crippen LogP contribution >= 0.6 is 34.8 Å². The predicted octanol–water partition coefficient (Wildman–Crippen LogP) is 6.58. The lowest BCUT2D eigenvalue weighted by atomic mass is 10.2. The molecule has 3 aromatic rings. The highest BCUT2D eigenvalue weighted by Gasteiger charge is 2.20. The van der Waals surface area contributed by atoms with Crippen molar-refractivity contribution in [2.24, 2.45) is 4.99 Å². The molecule has 0 aliphatic rings. The third-order valence-electron chi connectivity index (χ3n) is 4.15. The summed E-state index contributed by atoms with van der Waals surface area (Å²) in [7, 11) is -4.11. The highest BCUT2D eigenvalue weighted by Crippen LogP contribution is 2.37. The molecule has 32 heavy (non-hydrogen) atoms. The van der Waals surface area contributed by atoms with Crippen LogP contribution in [0.5, 0.6) is 11.5 Å². The molecule has 166 valence electrons. The van der Waals surface area contributed by atoms with Crippen LogP contribution in [0, 0.1) is 0 Å². The predicted molar refractivity (Wildman–Crippen MR) is 131 cm³/mol. The number of rotatable bonds is 8. The molecule has 0 heterocycles. The summed E-state index contributed by atoms with van der Waals surface area (Å²) in [6.07, 6.45) is 3.25. The summed E-state index contributed by atoms with van der Waals surface area (Å²) in [5.41, 5.74) is 1.71. The zero-order valence-corrected chi connectivity index (χ0v) is 19.5. The van der Waals surface area contributed by atoms with E-state index < -0.39 is 15.8 Å². The van der Waals surface area contributed by atoms with Crippen LogP contribution in [0.2, 0.25) is 15.1 Å². The van der Waals surface area contributed by atoms with E-state index in [0.717, 1.165) is 17.3 Å². The average Bonchev–Trinajstić information content (AvgIpc) is 2.72. The van der Waals surface area contributed by atoms with E-state index >= 15 is 0 Å². The Balaban J connectivity index is 1.73. The van der Waals surface area contributed by atoms with Gasteiger partial charge in [-0.25, -0.2) is 8.42 Å². The Hall–Kier alpha value is -2.71. The van der Waals surface area contributed by atoms with Crippen molar-refractivity contribution in [3.8, 4) is 11.5 Å². The van der Waals surface area contributed by atoms with E-state index in [-0.39, 0.29) is 38.0 Å². The molecule has 0 aliphatic heterocycles. The Morgan fingerprint density at radius 1 is 1.06 bits per heavy atom. The van der Waals surface area contributed by atoms with E-state index in [1.54, 1.807) is 12.3 Å². The Bertz CT molecular complexity index is 1270. The van der Waals surface area contributed by atoms with Gasteiger partial charge in [-0.1, -0.05) is 65.7 Å². The molecule has 3 aromatic carbocycles. The lowest BCUT2D eigenvalue weighted by Gasteiger charge is -2.13. The standard InChI is InChI=1S/C22H17Cl3N2O4S/c1-2-14-5-3-4-6-19(14)26-9-10-31-22-17(24)12-16(13-18(22)25)27-32(29,30)21-8-7-15(23)11-20(21)28/h2-9,11-13,27-28H,1,10H2/b26-9-. The molecular weight excluding hydrogens is 495 g/mol. The molecule has 0 unspecified atom stereocenters. The zero-order valence-electron chi connectivity index (χ0n) is 16.4. The molecule has 0 radical (unpaired) electrons. The summed E-state index contributed by atoms with van der Waals surface area (Å²) in [6, 6.07) is 13.8. The van der Waals surface area contributed by atoms with E-state index in [1.807, 2.05) is 24.3 Å². The van der Waals surface area contributed by atoms with Gasteiger partial charge in [0, 0.05) is 11.2 Å². The van der Waals surface area contributed by atoms with E-state index in [0.29, 0.717) is 0 Å². The first-order chi connectivity index (χ1) is 15.2. The number of benzene rings is 3. The van der Waals surface area contributed by atoms with E-state index in [1.165, 1.54) is 24.3 Å². The number of aromatic hydroxyl groups is 1. The van der Waals surface area contributed by atoms with E-state index in [2.05, 4.69) is 16.3 Å². The lowest BCUT2D eigenvalue weighted by Crippen LogP contribution is -2.13. The Morgan fingerprint density at radius 3 is 2.41 bits per heavy atom. The Morgan fingerprint density at radius 2 is 1.75 bits per heavy atom. The van der Waals surface area contributed by atoms with Crippen LogP contribution in [0.3, 0.4) is 0 Å². The van der Waals surface area contributed by atoms with Crippen molar-refractivity contribution in [3.05, 3.63) is 81.8 Å². The molecule has 0 aliphatic carbocycles. The number of hydrogen-bond donors (Lipinski definition) is 2. The first kappa shape index (κ1) is 23.9. The van der Waals surface area contributed by atoms with E-state index in [9.17, 15) is 13.5 Å². The SMILES string of the molecule is C=Cc1ccccc1/N=C\COc1c(Cl)cc(NS(=O)(=O)c2ccc(Cl)cc2O)cc1Cl. The highest BCUT2D eigenvalue weighted by molar-refractivity contribution is 7.92. The van der Waals surface area contributed by atoms with Gasteiger partial charge < -0.3 is 9.84 Å². The van der Waals surface area contributed by atoms with Gasteiger partial charge in [0.15, 0.2) is 5.75 Å². The topological polar surface area (TPSA) is 88.0 Å². The summed E-state index contributed by atoms with van der Waals surface area (Å²) in [6.45, 7) is 3.82. The smallest absolute Gasteiger partial charge is 0.265 e. The average molecular weight is 512 g/mol. The summed E-state index contributed by atoms with van der Waals surface area (Å²) >= 11 is 18.2. The van der Waals surface area contributed by atoms with Crippen LogP contribution in [-0.4, -0.2) is 26.3 Å². The maximum atomic E-state index is 12.6. The molecule has 0 saturated carbocycles. The zero-order chi connectivity index (χ0) is 23.3. The Labute approximate surface area is 200 Å². The molecule has 0 saturated heterocycles. The minimum Gasteiger partial charge on any atom is -0.506 e. The normalized spacial score (nSPS) is 11.5. The minimum absolute atomic E-state index is 0.0780. The van der Waals surface area contributed by atoms with Crippen molar-refractivity contribution in [1.29, 1.82) is 0 Å². The molecule has 0 aromatic heterocycles. The van der Waals surface area contributed by atoms with Gasteiger partial charge in [0.25, 0.3) is 10.0 Å². The molecule has 0 fully saturated rings. The van der Waals surface area contributed by atoms with Crippen molar-refractivity contribution >= 4 is 68.5 Å². The first-order valence-electron chi connectivity index (χ1n) is 9.08. The molecular formula is C22H17Cl3N2O4S. The molecule has 0 amide bonds. The van der Waals surface area contributed by atoms with Crippen LogP contribution in [-0.2, 0) is 10.0 Å². The number of sulfonamides is 1. The van der Waals surface area contributed by atoms with Crippen molar-refractivity contribution in [2.45, 2.75) is 4.90 Å². The molecule has 3 rings (SSSR count). The quantitative estimate of drug-likeness (QED) is 0.334. The fraction of sp³-hybridized carbons (Fsp3) is 0.0455. The van der Waals surface area contributed by atoms with Crippen LogP contribution in [0.15, 0.2) is 71.1 Å². The molecule has 10 heteroatoms.